The normalized spacial score (nSPS) is 20.7. The molecule has 1 unspecified atom stereocenters. The molecule has 0 bridgehead atoms. The molecule has 2 nitrogen and oxygen atoms in total. The molecule has 2 heterocycles. The second-order valence-corrected chi connectivity index (χ2v) is 6.27. The number of unbranched alkanes of at least 4 members (excludes halogenated alkanes) is 1. The molecule has 1 atom stereocenters. The molecule has 0 saturated carbocycles. The monoisotopic (exact) mass is 286 g/mol. The van der Waals surface area contributed by atoms with Gasteiger partial charge in [-0.05, 0) is 51.6 Å². The van der Waals surface area contributed by atoms with Crippen molar-refractivity contribution in [2.75, 3.05) is 13.1 Å². The van der Waals surface area contributed by atoms with Gasteiger partial charge in [0.1, 0.15) is 0 Å². The molecule has 1 saturated heterocycles. The van der Waals surface area contributed by atoms with Crippen molar-refractivity contribution in [1.29, 1.82) is 0 Å². The molecule has 18 heavy (non-hydrogen) atoms. The van der Waals surface area contributed by atoms with E-state index in [0.717, 1.165) is 18.2 Å². The fourth-order valence-electron chi connectivity index (χ4n) is 2.77. The van der Waals surface area contributed by atoms with Crippen LogP contribution in [0.5, 0.6) is 0 Å². The van der Waals surface area contributed by atoms with Crippen LogP contribution in [0, 0.1) is 0 Å². The Labute approximate surface area is 119 Å². The summed E-state index contributed by atoms with van der Waals surface area (Å²) in [5.41, 5.74) is 1.03. The van der Waals surface area contributed by atoms with Gasteiger partial charge in [-0.3, -0.25) is 0 Å². The zero-order valence-corrected chi connectivity index (χ0v) is 12.8. The molecule has 0 amide bonds. The largest absolute Gasteiger partial charge is 0.300 e. The number of rotatable bonds is 7. The summed E-state index contributed by atoms with van der Waals surface area (Å²) >= 11 is 7.51. The van der Waals surface area contributed by atoms with Crippen LogP contribution in [-0.2, 0) is 12.3 Å². The van der Waals surface area contributed by atoms with Gasteiger partial charge in [0.15, 0.2) is 0 Å². The predicted molar refractivity (Wildman–Crippen MR) is 79.5 cm³/mol. The van der Waals surface area contributed by atoms with Crippen LogP contribution in [0.4, 0.5) is 0 Å². The zero-order valence-electron chi connectivity index (χ0n) is 11.2. The third-order valence-electron chi connectivity index (χ3n) is 3.79. The average molecular weight is 287 g/mol. The quantitative estimate of drug-likeness (QED) is 0.555. The van der Waals surface area contributed by atoms with E-state index in [2.05, 4.69) is 22.2 Å². The van der Waals surface area contributed by atoms with E-state index in [4.69, 9.17) is 11.6 Å². The molecule has 1 fully saturated rings. The minimum Gasteiger partial charge on any atom is -0.300 e. The van der Waals surface area contributed by atoms with E-state index in [0.29, 0.717) is 5.88 Å². The van der Waals surface area contributed by atoms with Crippen LogP contribution in [-0.4, -0.2) is 29.0 Å². The molecule has 4 heteroatoms. The smallest absolute Gasteiger partial charge is 0.0928 e. The van der Waals surface area contributed by atoms with Crippen molar-refractivity contribution in [3.8, 4) is 0 Å². The summed E-state index contributed by atoms with van der Waals surface area (Å²) in [4.78, 5) is 7.17. The van der Waals surface area contributed by atoms with Gasteiger partial charge >= 0.3 is 0 Å². The van der Waals surface area contributed by atoms with Crippen molar-refractivity contribution in [3.63, 3.8) is 0 Å². The Kier molecular flexibility index (Phi) is 5.93. The Morgan fingerprint density at radius 2 is 2.39 bits per heavy atom. The molecule has 1 aromatic rings. The number of nitrogens with zero attached hydrogens (tertiary/aromatic N) is 2. The Morgan fingerprint density at radius 1 is 1.50 bits per heavy atom. The average Bonchev–Trinajstić information content (AvgIpc) is 3.03. The second-order valence-electron chi connectivity index (χ2n) is 5.06. The van der Waals surface area contributed by atoms with Crippen molar-refractivity contribution in [2.24, 2.45) is 0 Å². The summed E-state index contributed by atoms with van der Waals surface area (Å²) in [5, 5.41) is 3.33. The topological polar surface area (TPSA) is 16.1 Å². The minimum atomic E-state index is 0.544. The molecule has 0 radical (unpaired) electrons. The van der Waals surface area contributed by atoms with E-state index in [-0.39, 0.29) is 0 Å². The maximum absolute atomic E-state index is 5.76. The third kappa shape index (κ3) is 3.94. The highest BCUT2D eigenvalue weighted by Crippen LogP contribution is 2.20. The molecular formula is C14H23ClN2S. The van der Waals surface area contributed by atoms with Gasteiger partial charge in [0.2, 0.25) is 0 Å². The van der Waals surface area contributed by atoms with E-state index in [1.807, 2.05) is 0 Å². The van der Waals surface area contributed by atoms with Crippen LogP contribution in [0.1, 0.15) is 49.7 Å². The first kappa shape index (κ1) is 14.3. The standard InChI is InChI=1S/C14H23ClN2S/c1-2-13-6-5-9-17(13)8-4-3-7-14-16-12(10-15)11-18-14/h11,13H,2-10H2,1H3. The van der Waals surface area contributed by atoms with Gasteiger partial charge in [-0.2, -0.15) is 0 Å². The van der Waals surface area contributed by atoms with Gasteiger partial charge in [0, 0.05) is 11.4 Å². The first-order chi connectivity index (χ1) is 8.83. The predicted octanol–water partition coefficient (Wildman–Crippen LogP) is 4.08. The van der Waals surface area contributed by atoms with E-state index in [1.165, 1.54) is 50.2 Å². The van der Waals surface area contributed by atoms with Crippen LogP contribution < -0.4 is 0 Å². The molecule has 2 rings (SSSR count). The fourth-order valence-corrected chi connectivity index (χ4v) is 3.84. The van der Waals surface area contributed by atoms with Gasteiger partial charge in [0.05, 0.1) is 16.6 Å². The van der Waals surface area contributed by atoms with Crippen molar-refractivity contribution in [3.05, 3.63) is 16.1 Å². The summed E-state index contributed by atoms with van der Waals surface area (Å²) in [6.45, 7) is 4.89. The summed E-state index contributed by atoms with van der Waals surface area (Å²) in [6.07, 6.45) is 7.78. The van der Waals surface area contributed by atoms with Gasteiger partial charge in [-0.25, -0.2) is 4.98 Å². The van der Waals surface area contributed by atoms with Crippen molar-refractivity contribution < 1.29 is 0 Å². The Bertz CT molecular complexity index is 353. The number of hydrogen-bond acceptors (Lipinski definition) is 3. The Morgan fingerprint density at radius 3 is 3.11 bits per heavy atom. The van der Waals surface area contributed by atoms with Crippen LogP contribution in [0.25, 0.3) is 0 Å². The van der Waals surface area contributed by atoms with E-state index in [1.54, 1.807) is 11.3 Å². The maximum Gasteiger partial charge on any atom is 0.0928 e. The Hall–Kier alpha value is -0.120. The lowest BCUT2D eigenvalue weighted by Gasteiger charge is -2.22. The molecule has 1 aromatic heterocycles. The van der Waals surface area contributed by atoms with Crippen LogP contribution in [0.3, 0.4) is 0 Å². The van der Waals surface area contributed by atoms with E-state index < -0.39 is 0 Å². The van der Waals surface area contributed by atoms with Gasteiger partial charge in [-0.1, -0.05) is 6.92 Å². The minimum absolute atomic E-state index is 0.544. The number of hydrogen-bond donors (Lipinski definition) is 0. The van der Waals surface area contributed by atoms with Crippen LogP contribution >= 0.6 is 22.9 Å². The maximum atomic E-state index is 5.76. The number of aryl methyl sites for hydroxylation is 1. The summed E-state index contributed by atoms with van der Waals surface area (Å²) in [6, 6.07) is 0.854. The highest BCUT2D eigenvalue weighted by Gasteiger charge is 2.21. The highest BCUT2D eigenvalue weighted by molar-refractivity contribution is 7.09. The Balaban J connectivity index is 1.63. The van der Waals surface area contributed by atoms with Gasteiger partial charge in [-0.15, -0.1) is 22.9 Å². The highest BCUT2D eigenvalue weighted by atomic mass is 35.5. The second kappa shape index (κ2) is 7.46. The van der Waals surface area contributed by atoms with E-state index >= 15 is 0 Å². The first-order valence-corrected chi connectivity index (χ1v) is 8.48. The first-order valence-electron chi connectivity index (χ1n) is 7.06. The molecule has 0 aromatic carbocycles. The van der Waals surface area contributed by atoms with Crippen molar-refractivity contribution >= 4 is 22.9 Å². The molecular weight excluding hydrogens is 264 g/mol. The molecule has 0 spiro atoms. The lowest BCUT2D eigenvalue weighted by atomic mass is 10.1. The number of likely N-dealkylation sites (tertiary alicyclic amines) is 1. The summed E-state index contributed by atoms with van der Waals surface area (Å²) < 4.78 is 0. The van der Waals surface area contributed by atoms with Crippen LogP contribution in [0.2, 0.25) is 0 Å². The fraction of sp³-hybridized carbons (Fsp3) is 0.786. The summed E-state index contributed by atoms with van der Waals surface area (Å²) in [7, 11) is 0. The summed E-state index contributed by atoms with van der Waals surface area (Å²) in [5.74, 6) is 0.544. The third-order valence-corrected chi connectivity index (χ3v) is 5.02. The van der Waals surface area contributed by atoms with Gasteiger partial charge < -0.3 is 4.90 Å². The lowest BCUT2D eigenvalue weighted by Crippen LogP contribution is -2.29. The van der Waals surface area contributed by atoms with Crippen molar-refractivity contribution in [1.82, 2.24) is 9.88 Å². The number of thiazole rings is 1. The van der Waals surface area contributed by atoms with Gasteiger partial charge in [0.25, 0.3) is 0 Å². The van der Waals surface area contributed by atoms with E-state index in [9.17, 15) is 0 Å². The molecule has 1 aliphatic heterocycles. The lowest BCUT2D eigenvalue weighted by molar-refractivity contribution is 0.243. The molecule has 102 valence electrons. The van der Waals surface area contributed by atoms with Crippen molar-refractivity contribution in [2.45, 2.75) is 57.4 Å². The SMILES string of the molecule is CCC1CCCN1CCCCc1nc(CCl)cs1. The number of alkyl halides is 1. The molecule has 0 N–H and O–H groups in total. The van der Waals surface area contributed by atoms with Crippen LogP contribution in [0.15, 0.2) is 5.38 Å². The molecule has 1 aliphatic rings. The zero-order chi connectivity index (χ0) is 12.8. The molecule has 0 aliphatic carbocycles. The number of aromatic nitrogens is 1. The number of halogens is 1.